The number of hydrogen-bond acceptors (Lipinski definition) is 3. The molecule has 2 aliphatic rings. The van der Waals surface area contributed by atoms with E-state index in [0.717, 1.165) is 13.1 Å². The SMILES string of the molecule is CC1CN(C(=O)C2(N)CCOCC2)CC1C. The van der Waals surface area contributed by atoms with Gasteiger partial charge in [-0.15, -0.1) is 0 Å². The maximum atomic E-state index is 12.4. The number of amides is 1. The lowest BCUT2D eigenvalue weighted by atomic mass is 9.90. The molecule has 2 aliphatic heterocycles. The minimum atomic E-state index is -0.665. The van der Waals surface area contributed by atoms with Crippen LogP contribution in [0, 0.1) is 11.8 Å². The molecular formula is C12H22N2O2. The van der Waals surface area contributed by atoms with Crippen LogP contribution >= 0.6 is 0 Å². The van der Waals surface area contributed by atoms with Crippen LogP contribution in [0.3, 0.4) is 0 Å². The molecule has 4 nitrogen and oxygen atoms in total. The van der Waals surface area contributed by atoms with Crippen molar-refractivity contribution in [2.24, 2.45) is 17.6 Å². The Morgan fingerprint density at radius 1 is 1.25 bits per heavy atom. The second kappa shape index (κ2) is 4.34. The highest BCUT2D eigenvalue weighted by atomic mass is 16.5. The third-order valence-electron chi connectivity index (χ3n) is 4.09. The Morgan fingerprint density at radius 2 is 1.75 bits per heavy atom. The van der Waals surface area contributed by atoms with E-state index in [-0.39, 0.29) is 5.91 Å². The van der Waals surface area contributed by atoms with E-state index in [1.54, 1.807) is 0 Å². The summed E-state index contributed by atoms with van der Waals surface area (Å²) in [4.78, 5) is 14.3. The van der Waals surface area contributed by atoms with Gasteiger partial charge in [0.15, 0.2) is 0 Å². The predicted molar refractivity (Wildman–Crippen MR) is 61.9 cm³/mol. The Bertz CT molecular complexity index is 264. The summed E-state index contributed by atoms with van der Waals surface area (Å²) >= 11 is 0. The standard InChI is InChI=1S/C12H22N2O2/c1-9-7-14(8-10(9)2)11(15)12(13)3-5-16-6-4-12/h9-10H,3-8,13H2,1-2H3. The van der Waals surface area contributed by atoms with Crippen LogP contribution in [0.25, 0.3) is 0 Å². The third-order valence-corrected chi connectivity index (χ3v) is 4.09. The van der Waals surface area contributed by atoms with Crippen LogP contribution in [0.1, 0.15) is 26.7 Å². The van der Waals surface area contributed by atoms with Gasteiger partial charge in [-0.05, 0) is 24.7 Å². The Kier molecular flexibility index (Phi) is 3.22. The molecule has 2 N–H and O–H groups in total. The fourth-order valence-corrected chi connectivity index (χ4v) is 2.56. The molecular weight excluding hydrogens is 204 g/mol. The van der Waals surface area contributed by atoms with Crippen LogP contribution in [0.5, 0.6) is 0 Å². The molecule has 2 atom stereocenters. The van der Waals surface area contributed by atoms with Gasteiger partial charge in [0.25, 0.3) is 0 Å². The predicted octanol–water partition coefficient (Wildman–Crippen LogP) is 0.609. The van der Waals surface area contributed by atoms with Crippen molar-refractivity contribution in [1.82, 2.24) is 4.90 Å². The number of nitrogens with two attached hydrogens (primary N) is 1. The number of carbonyl (C=O) groups excluding carboxylic acids is 1. The first-order valence-corrected chi connectivity index (χ1v) is 6.19. The van der Waals surface area contributed by atoms with Crippen LogP contribution in [0.15, 0.2) is 0 Å². The Labute approximate surface area is 97.1 Å². The Balaban J connectivity index is 2.01. The molecule has 2 heterocycles. The second-order valence-electron chi connectivity index (χ2n) is 5.43. The zero-order valence-electron chi connectivity index (χ0n) is 10.2. The third kappa shape index (κ3) is 2.09. The smallest absolute Gasteiger partial charge is 0.242 e. The van der Waals surface area contributed by atoms with Crippen LogP contribution in [0.4, 0.5) is 0 Å². The zero-order valence-corrected chi connectivity index (χ0v) is 10.2. The van der Waals surface area contributed by atoms with Crippen molar-refractivity contribution < 1.29 is 9.53 Å². The van der Waals surface area contributed by atoms with E-state index in [4.69, 9.17) is 10.5 Å². The molecule has 2 fully saturated rings. The molecule has 0 spiro atoms. The van der Waals surface area contributed by atoms with Gasteiger partial charge in [0.2, 0.25) is 5.91 Å². The zero-order chi connectivity index (χ0) is 11.8. The normalized spacial score (nSPS) is 34.1. The maximum absolute atomic E-state index is 12.4. The van der Waals surface area contributed by atoms with E-state index in [1.807, 2.05) is 4.90 Å². The quantitative estimate of drug-likeness (QED) is 0.712. The van der Waals surface area contributed by atoms with E-state index in [9.17, 15) is 4.79 Å². The first-order chi connectivity index (χ1) is 7.53. The highest BCUT2D eigenvalue weighted by Crippen LogP contribution is 2.27. The van der Waals surface area contributed by atoms with Crippen molar-refractivity contribution in [1.29, 1.82) is 0 Å². The van der Waals surface area contributed by atoms with Crippen molar-refractivity contribution >= 4 is 5.91 Å². The van der Waals surface area contributed by atoms with Gasteiger partial charge >= 0.3 is 0 Å². The molecule has 2 unspecified atom stereocenters. The summed E-state index contributed by atoms with van der Waals surface area (Å²) in [6.45, 7) is 7.35. The summed E-state index contributed by atoms with van der Waals surface area (Å²) in [5.41, 5.74) is 5.54. The first-order valence-electron chi connectivity index (χ1n) is 6.19. The Hall–Kier alpha value is -0.610. The topological polar surface area (TPSA) is 55.6 Å². The van der Waals surface area contributed by atoms with E-state index in [1.165, 1.54) is 0 Å². The molecule has 16 heavy (non-hydrogen) atoms. The largest absolute Gasteiger partial charge is 0.381 e. The van der Waals surface area contributed by atoms with Crippen LogP contribution in [-0.2, 0) is 9.53 Å². The fraction of sp³-hybridized carbons (Fsp3) is 0.917. The van der Waals surface area contributed by atoms with Gasteiger partial charge in [-0.3, -0.25) is 4.79 Å². The minimum absolute atomic E-state index is 0.131. The van der Waals surface area contributed by atoms with Crippen LogP contribution < -0.4 is 5.73 Å². The van der Waals surface area contributed by atoms with Crippen molar-refractivity contribution in [2.75, 3.05) is 26.3 Å². The summed E-state index contributed by atoms with van der Waals surface area (Å²) in [5, 5.41) is 0. The molecule has 1 amide bonds. The summed E-state index contributed by atoms with van der Waals surface area (Å²) in [6.07, 6.45) is 1.32. The fourth-order valence-electron chi connectivity index (χ4n) is 2.56. The van der Waals surface area contributed by atoms with Crippen molar-refractivity contribution in [3.05, 3.63) is 0 Å². The first kappa shape index (κ1) is 11.9. The molecule has 0 bridgehead atoms. The molecule has 0 aromatic heterocycles. The van der Waals surface area contributed by atoms with Gasteiger partial charge in [0.1, 0.15) is 0 Å². The highest BCUT2D eigenvalue weighted by molar-refractivity contribution is 5.86. The number of rotatable bonds is 1. The number of ether oxygens (including phenoxy) is 1. The monoisotopic (exact) mass is 226 g/mol. The maximum Gasteiger partial charge on any atom is 0.242 e. The molecule has 4 heteroatoms. The van der Waals surface area contributed by atoms with E-state index in [0.29, 0.717) is 37.9 Å². The van der Waals surface area contributed by atoms with Gasteiger partial charge in [0, 0.05) is 26.3 Å². The lowest BCUT2D eigenvalue weighted by molar-refractivity contribution is -0.139. The molecule has 0 aromatic rings. The number of carbonyl (C=O) groups is 1. The molecule has 0 saturated carbocycles. The van der Waals surface area contributed by atoms with Gasteiger partial charge in [-0.1, -0.05) is 13.8 Å². The number of likely N-dealkylation sites (tertiary alicyclic amines) is 1. The molecule has 2 rings (SSSR count). The number of nitrogens with zero attached hydrogens (tertiary/aromatic N) is 1. The van der Waals surface area contributed by atoms with E-state index < -0.39 is 5.54 Å². The molecule has 0 aliphatic carbocycles. The summed E-state index contributed by atoms with van der Waals surface area (Å²) < 4.78 is 5.27. The van der Waals surface area contributed by atoms with Crippen LogP contribution in [-0.4, -0.2) is 42.6 Å². The van der Waals surface area contributed by atoms with E-state index in [2.05, 4.69) is 13.8 Å². The van der Waals surface area contributed by atoms with Gasteiger partial charge in [0.05, 0.1) is 5.54 Å². The summed E-state index contributed by atoms with van der Waals surface area (Å²) in [5.74, 6) is 1.31. The lowest BCUT2D eigenvalue weighted by Gasteiger charge is -2.35. The Morgan fingerprint density at radius 3 is 2.25 bits per heavy atom. The highest BCUT2D eigenvalue weighted by Gasteiger charge is 2.41. The summed E-state index contributed by atoms with van der Waals surface area (Å²) in [7, 11) is 0. The van der Waals surface area contributed by atoms with Gasteiger partial charge < -0.3 is 15.4 Å². The molecule has 2 saturated heterocycles. The number of hydrogen-bond donors (Lipinski definition) is 1. The second-order valence-corrected chi connectivity index (χ2v) is 5.43. The van der Waals surface area contributed by atoms with Crippen molar-refractivity contribution in [3.63, 3.8) is 0 Å². The molecule has 0 radical (unpaired) electrons. The van der Waals surface area contributed by atoms with Crippen molar-refractivity contribution in [2.45, 2.75) is 32.2 Å². The summed E-state index contributed by atoms with van der Waals surface area (Å²) in [6, 6.07) is 0. The van der Waals surface area contributed by atoms with E-state index >= 15 is 0 Å². The minimum Gasteiger partial charge on any atom is -0.381 e. The average molecular weight is 226 g/mol. The van der Waals surface area contributed by atoms with Gasteiger partial charge in [-0.25, -0.2) is 0 Å². The average Bonchev–Trinajstić information content (AvgIpc) is 2.59. The lowest BCUT2D eigenvalue weighted by Crippen LogP contribution is -2.57. The van der Waals surface area contributed by atoms with Crippen molar-refractivity contribution in [3.8, 4) is 0 Å². The van der Waals surface area contributed by atoms with Crippen LogP contribution in [0.2, 0.25) is 0 Å². The molecule has 0 aromatic carbocycles. The van der Waals surface area contributed by atoms with Gasteiger partial charge in [-0.2, -0.15) is 0 Å². The molecule has 92 valence electrons.